The molecule has 1 aliphatic rings. The maximum Gasteiger partial charge on any atom is 0.291 e. The first kappa shape index (κ1) is 26.6. The predicted molar refractivity (Wildman–Crippen MR) is 153 cm³/mol. The third kappa shape index (κ3) is 5.43. The molecule has 0 saturated carbocycles. The second-order valence-corrected chi connectivity index (χ2v) is 9.82. The van der Waals surface area contributed by atoms with E-state index in [-0.39, 0.29) is 22.3 Å². The van der Waals surface area contributed by atoms with Crippen molar-refractivity contribution in [1.82, 2.24) is 0 Å². The molecule has 202 valence electrons. The normalized spacial score (nSPS) is 13.0. The fraction of sp³-hybridized carbons (Fsp3) is 0.100. The number of rotatable bonds is 9. The van der Waals surface area contributed by atoms with Gasteiger partial charge in [0.25, 0.3) is 17.7 Å². The Morgan fingerprint density at radius 3 is 2.25 bits per heavy atom. The number of anilines is 3. The zero-order valence-electron chi connectivity index (χ0n) is 21.9. The van der Waals surface area contributed by atoms with E-state index in [1.54, 1.807) is 79.9 Å². The van der Waals surface area contributed by atoms with Crippen LogP contribution in [0.5, 0.6) is 11.5 Å². The van der Waals surface area contributed by atoms with Crippen molar-refractivity contribution in [3.8, 4) is 11.5 Å². The van der Waals surface area contributed by atoms with Crippen LogP contribution in [0.25, 0.3) is 0 Å². The highest BCUT2D eigenvalue weighted by molar-refractivity contribution is 8.04. The van der Waals surface area contributed by atoms with Crippen LogP contribution in [0, 0.1) is 6.92 Å². The standard InChI is InChI=1S/C30H25N3O6S/c1-18-6-15-24(38-3)23(17-18)33-29(35)26(31-19-7-11-21(37-2)12-8-19)27(30(33)36)40-22-13-9-20(10-14-22)32-28(34)25-5-4-16-39-25/h4-17,31H,1-3H3,(H,32,34). The number of nitrogens with one attached hydrogen (secondary N) is 2. The highest BCUT2D eigenvalue weighted by atomic mass is 32.2. The van der Waals surface area contributed by atoms with Crippen molar-refractivity contribution in [2.24, 2.45) is 0 Å². The van der Waals surface area contributed by atoms with Gasteiger partial charge in [-0.3, -0.25) is 14.4 Å². The molecule has 1 aromatic heterocycles. The number of imide groups is 1. The number of thioether (sulfide) groups is 1. The van der Waals surface area contributed by atoms with Crippen LogP contribution in [0.1, 0.15) is 16.1 Å². The molecule has 3 aromatic carbocycles. The summed E-state index contributed by atoms with van der Waals surface area (Å²) >= 11 is 1.15. The molecule has 0 bridgehead atoms. The van der Waals surface area contributed by atoms with Crippen LogP contribution in [0.3, 0.4) is 0 Å². The Hall–Kier alpha value is -4.96. The Morgan fingerprint density at radius 2 is 1.60 bits per heavy atom. The monoisotopic (exact) mass is 555 g/mol. The van der Waals surface area contributed by atoms with Crippen molar-refractivity contribution in [1.29, 1.82) is 0 Å². The molecule has 1 aliphatic heterocycles. The topological polar surface area (TPSA) is 110 Å². The number of benzene rings is 3. The Labute approximate surface area is 234 Å². The van der Waals surface area contributed by atoms with Gasteiger partial charge in [0, 0.05) is 16.3 Å². The lowest BCUT2D eigenvalue weighted by molar-refractivity contribution is -0.120. The van der Waals surface area contributed by atoms with Crippen molar-refractivity contribution >= 4 is 46.5 Å². The summed E-state index contributed by atoms with van der Waals surface area (Å²) in [5.74, 6) is -0.107. The van der Waals surface area contributed by atoms with E-state index >= 15 is 0 Å². The van der Waals surface area contributed by atoms with E-state index in [9.17, 15) is 14.4 Å². The van der Waals surface area contributed by atoms with Crippen molar-refractivity contribution in [2.75, 3.05) is 29.8 Å². The van der Waals surface area contributed by atoms with Crippen molar-refractivity contribution in [2.45, 2.75) is 11.8 Å². The van der Waals surface area contributed by atoms with E-state index in [2.05, 4.69) is 10.6 Å². The first-order valence-electron chi connectivity index (χ1n) is 12.2. The predicted octanol–water partition coefficient (Wildman–Crippen LogP) is 5.85. The number of hydrogen-bond donors (Lipinski definition) is 2. The van der Waals surface area contributed by atoms with Crippen LogP contribution in [-0.4, -0.2) is 31.9 Å². The molecular weight excluding hydrogens is 530 g/mol. The van der Waals surface area contributed by atoms with Gasteiger partial charge in [-0.15, -0.1) is 0 Å². The van der Waals surface area contributed by atoms with Gasteiger partial charge in [0.1, 0.15) is 22.1 Å². The van der Waals surface area contributed by atoms with Gasteiger partial charge in [0.15, 0.2) is 5.76 Å². The van der Waals surface area contributed by atoms with Gasteiger partial charge in [0.05, 0.1) is 26.2 Å². The molecule has 0 aliphatic carbocycles. The molecule has 40 heavy (non-hydrogen) atoms. The van der Waals surface area contributed by atoms with Gasteiger partial charge in [0.2, 0.25) is 0 Å². The lowest BCUT2D eigenvalue weighted by atomic mass is 10.2. The quantitative estimate of drug-likeness (QED) is 0.248. The highest BCUT2D eigenvalue weighted by Gasteiger charge is 2.41. The largest absolute Gasteiger partial charge is 0.497 e. The molecule has 10 heteroatoms. The van der Waals surface area contributed by atoms with Crippen molar-refractivity contribution in [3.63, 3.8) is 0 Å². The summed E-state index contributed by atoms with van der Waals surface area (Å²) < 4.78 is 15.8. The smallest absolute Gasteiger partial charge is 0.291 e. The number of carbonyl (C=O) groups is 3. The van der Waals surface area contributed by atoms with E-state index < -0.39 is 11.8 Å². The highest BCUT2D eigenvalue weighted by Crippen LogP contribution is 2.41. The average Bonchev–Trinajstić information content (AvgIpc) is 3.58. The van der Waals surface area contributed by atoms with E-state index in [1.807, 2.05) is 13.0 Å². The van der Waals surface area contributed by atoms with Crippen LogP contribution in [0.2, 0.25) is 0 Å². The summed E-state index contributed by atoms with van der Waals surface area (Å²) in [5.41, 5.74) is 2.53. The Bertz CT molecular complexity index is 1600. The molecule has 2 heterocycles. The van der Waals surface area contributed by atoms with Gasteiger partial charge in [-0.2, -0.15) is 0 Å². The molecule has 4 aromatic rings. The summed E-state index contributed by atoms with van der Waals surface area (Å²) in [6, 6.07) is 22.5. The number of aryl methyl sites for hydroxylation is 1. The van der Waals surface area contributed by atoms with Gasteiger partial charge < -0.3 is 24.5 Å². The molecule has 0 spiro atoms. The van der Waals surface area contributed by atoms with E-state index in [1.165, 1.54) is 13.4 Å². The molecule has 0 fully saturated rings. The summed E-state index contributed by atoms with van der Waals surface area (Å²) in [5, 5.41) is 5.89. The lowest BCUT2D eigenvalue weighted by Gasteiger charge is -2.19. The Balaban J connectivity index is 1.46. The number of furan rings is 1. The first-order chi connectivity index (χ1) is 19.4. The Morgan fingerprint density at radius 1 is 0.875 bits per heavy atom. The maximum absolute atomic E-state index is 13.8. The fourth-order valence-corrected chi connectivity index (χ4v) is 4.98. The summed E-state index contributed by atoms with van der Waals surface area (Å²) in [7, 11) is 3.06. The van der Waals surface area contributed by atoms with Gasteiger partial charge in [-0.1, -0.05) is 17.8 Å². The van der Waals surface area contributed by atoms with Crippen molar-refractivity contribution < 1.29 is 28.3 Å². The van der Waals surface area contributed by atoms with Crippen LogP contribution >= 0.6 is 11.8 Å². The fourth-order valence-electron chi connectivity index (χ4n) is 4.05. The molecule has 0 atom stereocenters. The maximum atomic E-state index is 13.8. The average molecular weight is 556 g/mol. The molecule has 0 radical (unpaired) electrons. The minimum absolute atomic E-state index is 0.138. The number of hydrogen-bond acceptors (Lipinski definition) is 8. The van der Waals surface area contributed by atoms with E-state index in [0.29, 0.717) is 33.5 Å². The minimum atomic E-state index is -0.505. The number of amides is 3. The van der Waals surface area contributed by atoms with Crippen LogP contribution in [-0.2, 0) is 9.59 Å². The zero-order chi connectivity index (χ0) is 28.2. The molecule has 3 amide bonds. The van der Waals surface area contributed by atoms with Gasteiger partial charge in [-0.05, 0) is 85.3 Å². The van der Waals surface area contributed by atoms with Crippen LogP contribution < -0.4 is 25.0 Å². The van der Waals surface area contributed by atoms with E-state index in [0.717, 1.165) is 22.2 Å². The first-order valence-corrected chi connectivity index (χ1v) is 13.0. The van der Waals surface area contributed by atoms with Gasteiger partial charge >= 0.3 is 0 Å². The summed E-state index contributed by atoms with van der Waals surface area (Å²) in [6.07, 6.45) is 1.43. The summed E-state index contributed by atoms with van der Waals surface area (Å²) in [6.45, 7) is 1.87. The second kappa shape index (κ2) is 11.4. The number of carbonyl (C=O) groups excluding carboxylic acids is 3. The third-order valence-corrected chi connectivity index (χ3v) is 7.14. The molecule has 0 unspecified atom stereocenters. The molecular formula is C30H25N3O6S. The molecule has 5 rings (SSSR count). The lowest BCUT2D eigenvalue weighted by Crippen LogP contribution is -2.32. The number of nitrogens with zero attached hydrogens (tertiary/aromatic N) is 1. The van der Waals surface area contributed by atoms with Crippen LogP contribution in [0.15, 0.2) is 105 Å². The number of methoxy groups -OCH3 is 2. The summed E-state index contributed by atoms with van der Waals surface area (Å²) in [4.78, 5) is 41.9. The van der Waals surface area contributed by atoms with Crippen LogP contribution in [0.4, 0.5) is 17.1 Å². The zero-order valence-corrected chi connectivity index (χ0v) is 22.7. The number of ether oxygens (including phenoxy) is 2. The SMILES string of the molecule is COc1ccc(NC2=C(Sc3ccc(NC(=O)c4ccco4)cc3)C(=O)N(c3cc(C)ccc3OC)C2=O)cc1. The molecule has 9 nitrogen and oxygen atoms in total. The van der Waals surface area contributed by atoms with E-state index in [4.69, 9.17) is 13.9 Å². The van der Waals surface area contributed by atoms with Gasteiger partial charge in [-0.25, -0.2) is 4.90 Å². The molecule has 0 saturated heterocycles. The Kier molecular flexibility index (Phi) is 7.61. The second-order valence-electron chi connectivity index (χ2n) is 8.74. The third-order valence-electron chi connectivity index (χ3n) is 6.05. The van der Waals surface area contributed by atoms with Crippen molar-refractivity contribution in [3.05, 3.63) is 107 Å². The minimum Gasteiger partial charge on any atom is -0.497 e. The molecule has 2 N–H and O–H groups in total.